The van der Waals surface area contributed by atoms with Crippen LogP contribution in [0.5, 0.6) is 5.75 Å². The first-order chi connectivity index (χ1) is 14.8. The van der Waals surface area contributed by atoms with Crippen LogP contribution in [0.1, 0.15) is 28.9 Å². The molecule has 0 radical (unpaired) electrons. The van der Waals surface area contributed by atoms with Crippen molar-refractivity contribution in [1.29, 1.82) is 0 Å². The standard InChI is InChI=1S/C22H25ClFN3O4/c1-14-12-27(9-10-30-14)19(21-17(23)3-2-4-18(21)24)11-26-20(28)13-31-16-7-5-15(6-8-16)22(25)29/h2-8,14,19H,9-13H2,1H3,(H2,25,29)(H,26,28). The minimum Gasteiger partial charge on any atom is -0.484 e. The van der Waals surface area contributed by atoms with E-state index in [-0.39, 0.29) is 25.2 Å². The first-order valence-corrected chi connectivity index (χ1v) is 10.3. The maximum atomic E-state index is 14.6. The van der Waals surface area contributed by atoms with E-state index in [0.717, 1.165) is 0 Å². The average molecular weight is 450 g/mol. The Bertz CT molecular complexity index is 905. The molecule has 2 amide bonds. The van der Waals surface area contributed by atoms with Crippen molar-refractivity contribution in [2.45, 2.75) is 19.1 Å². The number of benzene rings is 2. The number of carbonyl (C=O) groups excluding carboxylic acids is 2. The Kier molecular flexibility index (Phi) is 7.84. The lowest BCUT2D eigenvalue weighted by Gasteiger charge is -2.38. The zero-order chi connectivity index (χ0) is 22.4. The predicted octanol–water partition coefficient (Wildman–Crippen LogP) is 2.54. The van der Waals surface area contributed by atoms with Crippen LogP contribution in [0.2, 0.25) is 5.02 Å². The molecule has 3 rings (SSSR count). The molecule has 0 spiro atoms. The number of primary amides is 1. The fraction of sp³-hybridized carbons (Fsp3) is 0.364. The van der Waals surface area contributed by atoms with E-state index < -0.39 is 17.8 Å². The minimum absolute atomic E-state index is 0.00999. The summed E-state index contributed by atoms with van der Waals surface area (Å²) in [6.45, 7) is 3.58. The van der Waals surface area contributed by atoms with Gasteiger partial charge in [-0.25, -0.2) is 4.39 Å². The number of rotatable bonds is 8. The SMILES string of the molecule is CC1CN(C(CNC(=O)COc2ccc(C(N)=O)cc2)c2c(F)cccc2Cl)CCO1. The number of hydrogen-bond donors (Lipinski definition) is 2. The normalized spacial score (nSPS) is 17.7. The summed E-state index contributed by atoms with van der Waals surface area (Å²) < 4.78 is 25.7. The Balaban J connectivity index is 1.64. The number of nitrogens with zero attached hydrogens (tertiary/aromatic N) is 1. The average Bonchev–Trinajstić information content (AvgIpc) is 2.74. The molecule has 0 aliphatic carbocycles. The van der Waals surface area contributed by atoms with Crippen molar-refractivity contribution in [3.05, 3.63) is 64.4 Å². The molecule has 7 nitrogen and oxygen atoms in total. The van der Waals surface area contributed by atoms with Crippen LogP contribution in [-0.4, -0.2) is 55.7 Å². The molecule has 1 aliphatic rings. The third-order valence-electron chi connectivity index (χ3n) is 5.05. The number of halogens is 2. The monoisotopic (exact) mass is 449 g/mol. The van der Waals surface area contributed by atoms with E-state index in [1.54, 1.807) is 24.3 Å². The lowest BCUT2D eigenvalue weighted by atomic mass is 10.0. The van der Waals surface area contributed by atoms with E-state index in [9.17, 15) is 14.0 Å². The van der Waals surface area contributed by atoms with Crippen LogP contribution in [0, 0.1) is 5.82 Å². The fourth-order valence-electron chi connectivity index (χ4n) is 3.50. The predicted molar refractivity (Wildman–Crippen MR) is 115 cm³/mol. The van der Waals surface area contributed by atoms with Crippen LogP contribution in [0.4, 0.5) is 4.39 Å². The van der Waals surface area contributed by atoms with Gasteiger partial charge in [-0.05, 0) is 43.3 Å². The molecule has 166 valence electrons. The van der Waals surface area contributed by atoms with Gasteiger partial charge in [-0.2, -0.15) is 0 Å². The van der Waals surface area contributed by atoms with E-state index in [0.29, 0.717) is 41.6 Å². The molecule has 2 unspecified atom stereocenters. The van der Waals surface area contributed by atoms with Gasteiger partial charge in [0.05, 0.1) is 18.8 Å². The van der Waals surface area contributed by atoms with E-state index in [2.05, 4.69) is 10.2 Å². The number of nitrogens with two attached hydrogens (primary N) is 1. The third kappa shape index (κ3) is 6.16. The second-order valence-electron chi connectivity index (χ2n) is 7.31. The van der Waals surface area contributed by atoms with Crippen LogP contribution in [-0.2, 0) is 9.53 Å². The Morgan fingerprint density at radius 1 is 1.32 bits per heavy atom. The number of ether oxygens (including phenoxy) is 2. The van der Waals surface area contributed by atoms with Gasteiger partial charge in [-0.15, -0.1) is 0 Å². The van der Waals surface area contributed by atoms with Gasteiger partial charge in [0.2, 0.25) is 5.91 Å². The Morgan fingerprint density at radius 3 is 2.71 bits per heavy atom. The topological polar surface area (TPSA) is 93.9 Å². The highest BCUT2D eigenvalue weighted by molar-refractivity contribution is 6.31. The summed E-state index contributed by atoms with van der Waals surface area (Å²) in [5.74, 6) is -0.898. The number of hydrogen-bond acceptors (Lipinski definition) is 5. The summed E-state index contributed by atoms with van der Waals surface area (Å²) in [4.78, 5) is 25.5. The van der Waals surface area contributed by atoms with Crippen molar-refractivity contribution in [2.24, 2.45) is 5.73 Å². The maximum absolute atomic E-state index is 14.6. The summed E-state index contributed by atoms with van der Waals surface area (Å²) in [6.07, 6.45) is -0.00999. The molecule has 0 bridgehead atoms. The van der Waals surface area contributed by atoms with Gasteiger partial charge < -0.3 is 20.5 Å². The molecule has 1 fully saturated rings. The second kappa shape index (κ2) is 10.6. The molecule has 1 aliphatic heterocycles. The van der Waals surface area contributed by atoms with Crippen molar-refractivity contribution >= 4 is 23.4 Å². The number of nitrogens with one attached hydrogen (secondary N) is 1. The van der Waals surface area contributed by atoms with Crippen LogP contribution in [0.25, 0.3) is 0 Å². The summed E-state index contributed by atoms with van der Waals surface area (Å²) >= 11 is 6.30. The largest absolute Gasteiger partial charge is 0.484 e. The first-order valence-electron chi connectivity index (χ1n) is 9.94. The Labute approximate surface area is 185 Å². The van der Waals surface area contributed by atoms with Gasteiger partial charge in [0.25, 0.3) is 5.91 Å². The lowest BCUT2D eigenvalue weighted by molar-refractivity contribution is -0.123. The highest BCUT2D eigenvalue weighted by Gasteiger charge is 2.29. The van der Waals surface area contributed by atoms with Crippen molar-refractivity contribution in [2.75, 3.05) is 32.8 Å². The Morgan fingerprint density at radius 2 is 2.06 bits per heavy atom. The summed E-state index contributed by atoms with van der Waals surface area (Å²) in [6, 6.07) is 10.3. The summed E-state index contributed by atoms with van der Waals surface area (Å²) in [5.41, 5.74) is 5.90. The molecule has 1 saturated heterocycles. The van der Waals surface area contributed by atoms with Gasteiger partial charge in [-0.3, -0.25) is 14.5 Å². The van der Waals surface area contributed by atoms with E-state index >= 15 is 0 Å². The minimum atomic E-state index is -0.542. The highest BCUT2D eigenvalue weighted by Crippen LogP contribution is 2.31. The van der Waals surface area contributed by atoms with Crippen LogP contribution in [0.3, 0.4) is 0 Å². The fourth-order valence-corrected chi connectivity index (χ4v) is 3.79. The molecule has 2 aromatic rings. The van der Waals surface area contributed by atoms with Crippen molar-refractivity contribution in [1.82, 2.24) is 10.2 Å². The molecule has 9 heteroatoms. The van der Waals surface area contributed by atoms with Crippen LogP contribution < -0.4 is 15.8 Å². The zero-order valence-corrected chi connectivity index (χ0v) is 17.9. The molecular formula is C22H25ClFN3O4. The van der Waals surface area contributed by atoms with E-state index in [1.807, 2.05) is 6.92 Å². The highest BCUT2D eigenvalue weighted by atomic mass is 35.5. The molecule has 3 N–H and O–H groups in total. The lowest BCUT2D eigenvalue weighted by Crippen LogP contribution is -2.47. The number of morpholine rings is 1. The smallest absolute Gasteiger partial charge is 0.258 e. The van der Waals surface area contributed by atoms with Gasteiger partial charge in [0.15, 0.2) is 6.61 Å². The zero-order valence-electron chi connectivity index (χ0n) is 17.1. The van der Waals surface area contributed by atoms with Crippen molar-refractivity contribution in [3.8, 4) is 5.75 Å². The van der Waals surface area contributed by atoms with Gasteiger partial charge in [0.1, 0.15) is 11.6 Å². The quantitative estimate of drug-likeness (QED) is 0.646. The number of carbonyl (C=O) groups is 2. The molecule has 0 saturated carbocycles. The molecular weight excluding hydrogens is 425 g/mol. The maximum Gasteiger partial charge on any atom is 0.258 e. The van der Waals surface area contributed by atoms with E-state index in [1.165, 1.54) is 18.2 Å². The number of amides is 2. The molecule has 0 aromatic heterocycles. The van der Waals surface area contributed by atoms with Crippen molar-refractivity contribution in [3.63, 3.8) is 0 Å². The van der Waals surface area contributed by atoms with Gasteiger partial charge >= 0.3 is 0 Å². The van der Waals surface area contributed by atoms with Crippen molar-refractivity contribution < 1.29 is 23.5 Å². The van der Waals surface area contributed by atoms with E-state index in [4.69, 9.17) is 26.8 Å². The van der Waals surface area contributed by atoms with Crippen LogP contribution in [0.15, 0.2) is 42.5 Å². The first kappa shape index (κ1) is 23.0. The third-order valence-corrected chi connectivity index (χ3v) is 5.38. The van der Waals surface area contributed by atoms with Gasteiger partial charge in [0, 0.05) is 35.8 Å². The Hall–Kier alpha value is -2.68. The summed E-state index contributed by atoms with van der Waals surface area (Å²) in [7, 11) is 0. The molecule has 31 heavy (non-hydrogen) atoms. The second-order valence-corrected chi connectivity index (χ2v) is 7.72. The molecule has 2 atom stereocenters. The summed E-state index contributed by atoms with van der Waals surface area (Å²) in [5, 5.41) is 3.11. The van der Waals surface area contributed by atoms with Gasteiger partial charge in [-0.1, -0.05) is 17.7 Å². The molecule has 1 heterocycles. The molecule has 2 aromatic carbocycles. The van der Waals surface area contributed by atoms with Crippen LogP contribution >= 0.6 is 11.6 Å².